The van der Waals surface area contributed by atoms with Crippen molar-refractivity contribution in [3.05, 3.63) is 53.4 Å². The highest BCUT2D eigenvalue weighted by Crippen LogP contribution is 2.14. The molecule has 20 heavy (non-hydrogen) atoms. The van der Waals surface area contributed by atoms with Crippen molar-refractivity contribution in [2.24, 2.45) is 0 Å². The molecule has 0 atom stereocenters. The van der Waals surface area contributed by atoms with Crippen LogP contribution in [0.4, 0.5) is 5.82 Å². The van der Waals surface area contributed by atoms with E-state index in [1.807, 2.05) is 6.07 Å². The second-order valence-corrected chi connectivity index (χ2v) is 4.84. The molecule has 5 nitrogen and oxygen atoms in total. The van der Waals surface area contributed by atoms with E-state index in [1.165, 1.54) is 11.9 Å². The van der Waals surface area contributed by atoms with Gasteiger partial charge in [0.05, 0.1) is 0 Å². The lowest BCUT2D eigenvalue weighted by atomic mass is 10.1. The summed E-state index contributed by atoms with van der Waals surface area (Å²) in [5, 5.41) is 7.85. The normalized spacial score (nSPS) is 10.8. The molecule has 0 aliphatic rings. The minimum Gasteiger partial charge on any atom is -0.370 e. The third-order valence-corrected chi connectivity index (χ3v) is 3.21. The van der Waals surface area contributed by atoms with Gasteiger partial charge < -0.3 is 5.32 Å². The molecule has 2 heterocycles. The van der Waals surface area contributed by atoms with E-state index in [0.29, 0.717) is 10.9 Å². The summed E-state index contributed by atoms with van der Waals surface area (Å²) in [6.07, 6.45) is 3.53. The predicted molar refractivity (Wildman–Crippen MR) is 79.0 cm³/mol. The number of aromatic nitrogens is 4. The molecule has 3 aromatic rings. The lowest BCUT2D eigenvalue weighted by Crippen LogP contribution is -2.08. The van der Waals surface area contributed by atoms with E-state index in [0.717, 1.165) is 25.2 Å². The van der Waals surface area contributed by atoms with Crippen LogP contribution in [0, 0.1) is 0 Å². The first kappa shape index (κ1) is 12.9. The van der Waals surface area contributed by atoms with Gasteiger partial charge in [-0.3, -0.25) is 0 Å². The maximum absolute atomic E-state index is 5.96. The van der Waals surface area contributed by atoms with Crippen molar-refractivity contribution in [2.45, 2.75) is 12.8 Å². The Labute approximate surface area is 121 Å². The van der Waals surface area contributed by atoms with Gasteiger partial charge in [0, 0.05) is 12.6 Å². The highest BCUT2D eigenvalue weighted by molar-refractivity contribution is 6.29. The van der Waals surface area contributed by atoms with E-state index in [1.54, 1.807) is 10.6 Å². The fraction of sp³-hybridized carbons (Fsp3) is 0.214. The smallest absolute Gasteiger partial charge is 0.255 e. The van der Waals surface area contributed by atoms with Crippen molar-refractivity contribution in [3.8, 4) is 0 Å². The molecule has 6 heteroatoms. The van der Waals surface area contributed by atoms with Crippen LogP contribution in [0.15, 0.2) is 42.7 Å². The van der Waals surface area contributed by atoms with Gasteiger partial charge in [-0.15, -0.1) is 0 Å². The largest absolute Gasteiger partial charge is 0.370 e. The third kappa shape index (κ3) is 2.88. The molecule has 0 saturated carbocycles. The van der Waals surface area contributed by atoms with E-state index < -0.39 is 0 Å². The molecule has 0 spiro atoms. The van der Waals surface area contributed by atoms with E-state index in [-0.39, 0.29) is 0 Å². The maximum atomic E-state index is 5.96. The van der Waals surface area contributed by atoms with Crippen molar-refractivity contribution in [3.63, 3.8) is 0 Å². The number of hydrogen-bond donors (Lipinski definition) is 1. The maximum Gasteiger partial charge on any atom is 0.255 e. The zero-order valence-electron chi connectivity index (χ0n) is 10.8. The van der Waals surface area contributed by atoms with Gasteiger partial charge in [-0.2, -0.15) is 19.6 Å². The molecular formula is C14H14ClN5. The van der Waals surface area contributed by atoms with Gasteiger partial charge in [0.15, 0.2) is 0 Å². The minimum atomic E-state index is 0.413. The quantitative estimate of drug-likeness (QED) is 0.579. The van der Waals surface area contributed by atoms with E-state index in [4.69, 9.17) is 11.6 Å². The molecule has 0 aliphatic heterocycles. The lowest BCUT2D eigenvalue weighted by Gasteiger charge is -2.08. The molecule has 2 aromatic heterocycles. The summed E-state index contributed by atoms with van der Waals surface area (Å²) < 4.78 is 1.65. The monoisotopic (exact) mass is 287 g/mol. The van der Waals surface area contributed by atoms with Gasteiger partial charge in [-0.1, -0.05) is 41.9 Å². The molecule has 0 fully saturated rings. The first-order chi connectivity index (χ1) is 9.83. The summed E-state index contributed by atoms with van der Waals surface area (Å²) in [5.41, 5.74) is 1.34. The number of halogens is 1. The second kappa shape index (κ2) is 5.88. The predicted octanol–water partition coefficient (Wildman–Crippen LogP) is 2.82. The van der Waals surface area contributed by atoms with Crippen LogP contribution in [0.2, 0.25) is 5.15 Å². The number of nitrogens with zero attached hydrogens (tertiary/aromatic N) is 4. The second-order valence-electron chi connectivity index (χ2n) is 4.45. The first-order valence-electron chi connectivity index (χ1n) is 6.47. The Morgan fingerprint density at radius 1 is 1.20 bits per heavy atom. The molecule has 0 aliphatic carbocycles. The van der Waals surface area contributed by atoms with Crippen LogP contribution in [0.5, 0.6) is 0 Å². The topological polar surface area (TPSA) is 55.1 Å². The van der Waals surface area contributed by atoms with Crippen molar-refractivity contribution in [1.29, 1.82) is 0 Å². The Bertz CT molecular complexity index is 695. The van der Waals surface area contributed by atoms with Crippen molar-refractivity contribution < 1.29 is 0 Å². The van der Waals surface area contributed by atoms with Crippen molar-refractivity contribution in [2.75, 3.05) is 11.9 Å². The van der Waals surface area contributed by atoms with Gasteiger partial charge >= 0.3 is 0 Å². The molecule has 0 unspecified atom stereocenters. The fourth-order valence-corrected chi connectivity index (χ4v) is 2.24. The number of benzene rings is 1. The van der Waals surface area contributed by atoms with Crippen LogP contribution in [-0.2, 0) is 6.42 Å². The van der Waals surface area contributed by atoms with Crippen LogP contribution in [0.25, 0.3) is 5.78 Å². The average Bonchev–Trinajstić information content (AvgIpc) is 2.92. The van der Waals surface area contributed by atoms with Crippen LogP contribution in [-0.4, -0.2) is 26.1 Å². The Morgan fingerprint density at radius 3 is 2.90 bits per heavy atom. The van der Waals surface area contributed by atoms with Crippen LogP contribution < -0.4 is 5.32 Å². The Kier molecular flexibility index (Phi) is 3.78. The summed E-state index contributed by atoms with van der Waals surface area (Å²) in [6.45, 7) is 0.837. The van der Waals surface area contributed by atoms with E-state index in [9.17, 15) is 0 Å². The zero-order valence-corrected chi connectivity index (χ0v) is 11.6. The lowest BCUT2D eigenvalue weighted by molar-refractivity contribution is 0.843. The van der Waals surface area contributed by atoms with Crippen LogP contribution in [0.1, 0.15) is 12.0 Å². The van der Waals surface area contributed by atoms with Gasteiger partial charge in [0.2, 0.25) is 0 Å². The SMILES string of the molecule is Clc1cc(NCCCc2ccccc2)n2ncnc2n1. The number of fused-ring (bicyclic) bond motifs is 1. The molecule has 1 N–H and O–H groups in total. The Morgan fingerprint density at radius 2 is 2.05 bits per heavy atom. The zero-order chi connectivity index (χ0) is 13.8. The summed E-state index contributed by atoms with van der Waals surface area (Å²) in [7, 11) is 0. The fourth-order valence-electron chi connectivity index (χ4n) is 2.06. The Hall–Kier alpha value is -2.14. The first-order valence-corrected chi connectivity index (χ1v) is 6.85. The third-order valence-electron chi connectivity index (χ3n) is 3.01. The van der Waals surface area contributed by atoms with Gasteiger partial charge in [0.1, 0.15) is 17.3 Å². The van der Waals surface area contributed by atoms with Crippen molar-refractivity contribution in [1.82, 2.24) is 19.6 Å². The number of rotatable bonds is 5. The molecule has 0 saturated heterocycles. The molecule has 0 bridgehead atoms. The van der Waals surface area contributed by atoms with Crippen molar-refractivity contribution >= 4 is 23.2 Å². The van der Waals surface area contributed by atoms with Gasteiger partial charge in [0.25, 0.3) is 5.78 Å². The number of aryl methyl sites for hydroxylation is 1. The van der Waals surface area contributed by atoms with Crippen LogP contribution >= 0.6 is 11.6 Å². The molecule has 0 amide bonds. The molecule has 1 aromatic carbocycles. The van der Waals surface area contributed by atoms with E-state index >= 15 is 0 Å². The summed E-state index contributed by atoms with van der Waals surface area (Å²) in [5.74, 6) is 1.31. The number of hydrogen-bond acceptors (Lipinski definition) is 4. The summed E-state index contributed by atoms with van der Waals surface area (Å²) >= 11 is 5.96. The van der Waals surface area contributed by atoms with Gasteiger partial charge in [-0.05, 0) is 18.4 Å². The minimum absolute atomic E-state index is 0.413. The molecule has 102 valence electrons. The molecule has 3 rings (SSSR count). The number of nitrogens with one attached hydrogen (secondary N) is 1. The summed E-state index contributed by atoms with van der Waals surface area (Å²) in [4.78, 5) is 8.12. The highest BCUT2D eigenvalue weighted by Gasteiger charge is 2.05. The standard InChI is InChI=1S/C14H14ClN5/c15-12-9-13(20-14(19-12)17-10-18-20)16-8-4-7-11-5-2-1-3-6-11/h1-3,5-6,9-10,16H,4,7-8H2. The summed E-state index contributed by atoms with van der Waals surface area (Å²) in [6, 6.07) is 12.2. The average molecular weight is 288 g/mol. The highest BCUT2D eigenvalue weighted by atomic mass is 35.5. The molecule has 0 radical (unpaired) electrons. The number of anilines is 1. The van der Waals surface area contributed by atoms with Crippen LogP contribution in [0.3, 0.4) is 0 Å². The Balaban J connectivity index is 1.61. The molecular weight excluding hydrogens is 274 g/mol. The van der Waals surface area contributed by atoms with E-state index in [2.05, 4.69) is 44.6 Å². The van der Waals surface area contributed by atoms with Gasteiger partial charge in [-0.25, -0.2) is 0 Å².